The first kappa shape index (κ1) is 10.8. The molecule has 0 spiro atoms. The van der Waals surface area contributed by atoms with E-state index in [1.807, 2.05) is 0 Å². The third-order valence-corrected chi connectivity index (χ3v) is 1.83. The van der Waals surface area contributed by atoms with Crippen LogP contribution in [0.3, 0.4) is 0 Å². The second-order valence-corrected chi connectivity index (χ2v) is 3.30. The molecule has 1 aromatic rings. The summed E-state index contributed by atoms with van der Waals surface area (Å²) in [5.74, 6) is -0.361. The van der Waals surface area contributed by atoms with Crippen molar-refractivity contribution in [1.29, 1.82) is 0 Å². The maximum absolute atomic E-state index is 12.4. The van der Waals surface area contributed by atoms with Crippen molar-refractivity contribution in [2.24, 2.45) is 0 Å². The molecule has 1 N–H and O–H groups in total. The number of pyridine rings is 1. The summed E-state index contributed by atoms with van der Waals surface area (Å²) in [4.78, 5) is 13.1. The van der Waals surface area contributed by atoms with Crippen molar-refractivity contribution >= 4 is 0 Å². The van der Waals surface area contributed by atoms with Gasteiger partial charge < -0.3 is 4.98 Å². The summed E-state index contributed by atoms with van der Waals surface area (Å²) in [6, 6.07) is 1.70. The summed E-state index contributed by atoms with van der Waals surface area (Å²) in [5, 5.41) is 0. The van der Waals surface area contributed by atoms with Crippen LogP contribution in [0.2, 0.25) is 0 Å². The number of nitrogens with one attached hydrogen (secondary N) is 1. The number of alkyl halides is 3. The standard InChI is InChI=1S/C9H10F3NO/c1-5(2)8-6(9(10,11)12)3-4-7(14)13-8/h3-5H,1-2H3,(H,13,14). The van der Waals surface area contributed by atoms with Crippen molar-refractivity contribution in [2.75, 3.05) is 0 Å². The van der Waals surface area contributed by atoms with Crippen LogP contribution in [0.4, 0.5) is 13.2 Å². The van der Waals surface area contributed by atoms with Gasteiger partial charge >= 0.3 is 6.18 Å². The zero-order chi connectivity index (χ0) is 10.9. The molecule has 0 saturated heterocycles. The van der Waals surface area contributed by atoms with Gasteiger partial charge in [0.05, 0.1) is 5.56 Å². The van der Waals surface area contributed by atoms with Crippen LogP contribution in [-0.4, -0.2) is 4.98 Å². The second-order valence-electron chi connectivity index (χ2n) is 3.30. The van der Waals surface area contributed by atoms with E-state index in [1.165, 1.54) is 0 Å². The van der Waals surface area contributed by atoms with Crippen LogP contribution in [-0.2, 0) is 6.18 Å². The van der Waals surface area contributed by atoms with Gasteiger partial charge in [0.25, 0.3) is 0 Å². The van der Waals surface area contributed by atoms with Crippen LogP contribution in [0, 0.1) is 0 Å². The Morgan fingerprint density at radius 3 is 2.29 bits per heavy atom. The molecule has 0 amide bonds. The highest BCUT2D eigenvalue weighted by Crippen LogP contribution is 2.33. The predicted octanol–water partition coefficient (Wildman–Crippen LogP) is 2.52. The van der Waals surface area contributed by atoms with Crippen molar-refractivity contribution in [1.82, 2.24) is 4.98 Å². The fourth-order valence-corrected chi connectivity index (χ4v) is 1.19. The lowest BCUT2D eigenvalue weighted by Gasteiger charge is -2.14. The monoisotopic (exact) mass is 205 g/mol. The van der Waals surface area contributed by atoms with Gasteiger partial charge in [-0.2, -0.15) is 13.2 Å². The normalized spacial score (nSPS) is 12.1. The average Bonchev–Trinajstić information content (AvgIpc) is 2.01. The molecule has 0 atom stereocenters. The summed E-state index contributed by atoms with van der Waals surface area (Å²) in [6.45, 7) is 3.20. The Hall–Kier alpha value is -1.26. The topological polar surface area (TPSA) is 32.9 Å². The van der Waals surface area contributed by atoms with Gasteiger partial charge in [-0.05, 0) is 12.0 Å². The fourth-order valence-electron chi connectivity index (χ4n) is 1.19. The molecular formula is C9H10F3NO. The van der Waals surface area contributed by atoms with Crippen LogP contribution >= 0.6 is 0 Å². The van der Waals surface area contributed by atoms with E-state index in [-0.39, 0.29) is 11.6 Å². The van der Waals surface area contributed by atoms with Crippen molar-refractivity contribution in [2.45, 2.75) is 25.9 Å². The molecule has 0 aliphatic rings. The number of halogens is 3. The number of aromatic amines is 1. The predicted molar refractivity (Wildman–Crippen MR) is 46.2 cm³/mol. The molecule has 1 rings (SSSR count). The number of hydrogen-bond acceptors (Lipinski definition) is 1. The Bertz CT molecular complexity index is 378. The van der Waals surface area contributed by atoms with E-state index >= 15 is 0 Å². The zero-order valence-corrected chi connectivity index (χ0v) is 7.77. The largest absolute Gasteiger partial charge is 0.418 e. The second kappa shape index (κ2) is 3.48. The van der Waals surface area contributed by atoms with Crippen molar-refractivity contribution in [3.63, 3.8) is 0 Å². The SMILES string of the molecule is CC(C)c1[nH]c(=O)ccc1C(F)(F)F. The molecule has 78 valence electrons. The number of aromatic nitrogens is 1. The van der Waals surface area contributed by atoms with Gasteiger partial charge in [-0.25, -0.2) is 0 Å². The Labute approximate surface area is 78.8 Å². The molecule has 0 radical (unpaired) electrons. The highest BCUT2D eigenvalue weighted by Gasteiger charge is 2.34. The molecule has 14 heavy (non-hydrogen) atoms. The van der Waals surface area contributed by atoms with Crippen LogP contribution in [0.15, 0.2) is 16.9 Å². The molecule has 0 aliphatic heterocycles. The number of rotatable bonds is 1. The number of H-pyrrole nitrogens is 1. The first-order chi connectivity index (χ1) is 6.32. The highest BCUT2D eigenvalue weighted by atomic mass is 19.4. The van der Waals surface area contributed by atoms with Crippen molar-refractivity contribution in [3.05, 3.63) is 33.7 Å². The first-order valence-corrected chi connectivity index (χ1v) is 4.13. The quantitative estimate of drug-likeness (QED) is 0.750. The smallest absolute Gasteiger partial charge is 0.325 e. The zero-order valence-electron chi connectivity index (χ0n) is 7.77. The third kappa shape index (κ3) is 2.16. The molecule has 5 heteroatoms. The molecule has 0 bridgehead atoms. The van der Waals surface area contributed by atoms with E-state index < -0.39 is 17.3 Å². The Balaban J connectivity index is 3.37. The Kier molecular flexibility index (Phi) is 2.69. The fraction of sp³-hybridized carbons (Fsp3) is 0.444. The van der Waals surface area contributed by atoms with Gasteiger partial charge in [-0.3, -0.25) is 4.79 Å². The molecule has 0 unspecified atom stereocenters. The third-order valence-electron chi connectivity index (χ3n) is 1.83. The molecule has 0 aromatic carbocycles. The molecule has 0 aliphatic carbocycles. The minimum atomic E-state index is -4.41. The molecule has 1 heterocycles. The van der Waals surface area contributed by atoms with E-state index in [0.29, 0.717) is 0 Å². The van der Waals surface area contributed by atoms with Crippen LogP contribution < -0.4 is 5.56 Å². The summed E-state index contributed by atoms with van der Waals surface area (Å²) in [6.07, 6.45) is -4.41. The van der Waals surface area contributed by atoms with Gasteiger partial charge in [-0.15, -0.1) is 0 Å². The lowest BCUT2D eigenvalue weighted by Crippen LogP contribution is -2.17. The molecule has 2 nitrogen and oxygen atoms in total. The molecule has 0 saturated carbocycles. The van der Waals surface area contributed by atoms with Crippen molar-refractivity contribution < 1.29 is 13.2 Å². The summed E-state index contributed by atoms with van der Waals surface area (Å²) in [7, 11) is 0. The summed E-state index contributed by atoms with van der Waals surface area (Å²) in [5.41, 5.74) is -1.35. The minimum Gasteiger partial charge on any atom is -0.325 e. The highest BCUT2D eigenvalue weighted by molar-refractivity contribution is 5.25. The maximum atomic E-state index is 12.4. The molecular weight excluding hydrogens is 195 g/mol. The van der Waals surface area contributed by atoms with E-state index in [2.05, 4.69) is 4.98 Å². The molecule has 0 fully saturated rings. The van der Waals surface area contributed by atoms with E-state index in [9.17, 15) is 18.0 Å². The van der Waals surface area contributed by atoms with Gasteiger partial charge in [0, 0.05) is 11.8 Å². The average molecular weight is 205 g/mol. The van der Waals surface area contributed by atoms with Gasteiger partial charge in [0.15, 0.2) is 0 Å². The van der Waals surface area contributed by atoms with Crippen LogP contribution in [0.1, 0.15) is 31.0 Å². The molecule has 1 aromatic heterocycles. The first-order valence-electron chi connectivity index (χ1n) is 4.13. The van der Waals surface area contributed by atoms with Crippen LogP contribution in [0.5, 0.6) is 0 Å². The van der Waals surface area contributed by atoms with Gasteiger partial charge in [0.2, 0.25) is 5.56 Å². The Morgan fingerprint density at radius 2 is 1.86 bits per heavy atom. The summed E-state index contributed by atoms with van der Waals surface area (Å²) < 4.78 is 37.3. The van der Waals surface area contributed by atoms with Gasteiger partial charge in [-0.1, -0.05) is 13.8 Å². The van der Waals surface area contributed by atoms with E-state index in [4.69, 9.17) is 0 Å². The summed E-state index contributed by atoms with van der Waals surface area (Å²) >= 11 is 0. The van der Waals surface area contributed by atoms with E-state index in [0.717, 1.165) is 12.1 Å². The van der Waals surface area contributed by atoms with Crippen molar-refractivity contribution in [3.8, 4) is 0 Å². The lowest BCUT2D eigenvalue weighted by atomic mass is 10.0. The van der Waals surface area contributed by atoms with Crippen LogP contribution in [0.25, 0.3) is 0 Å². The Morgan fingerprint density at radius 1 is 1.29 bits per heavy atom. The van der Waals surface area contributed by atoms with Gasteiger partial charge in [0.1, 0.15) is 0 Å². The lowest BCUT2D eigenvalue weighted by molar-refractivity contribution is -0.138. The van der Waals surface area contributed by atoms with E-state index in [1.54, 1.807) is 13.8 Å². The number of hydrogen-bond donors (Lipinski definition) is 1. The minimum absolute atomic E-state index is 0.0648. The maximum Gasteiger partial charge on any atom is 0.418 e.